The molecule has 0 aliphatic carbocycles. The van der Waals surface area contributed by atoms with Crippen molar-refractivity contribution in [3.8, 4) is 0 Å². The molecule has 2 aromatic carbocycles. The maximum Gasteiger partial charge on any atom is 0.243 e. The topological polar surface area (TPSA) is 96.9 Å². The van der Waals surface area contributed by atoms with Gasteiger partial charge in [0.2, 0.25) is 15.7 Å². The molecule has 1 aliphatic rings. The van der Waals surface area contributed by atoms with Gasteiger partial charge in [0.1, 0.15) is 5.84 Å². The van der Waals surface area contributed by atoms with Crippen molar-refractivity contribution in [3.05, 3.63) is 66.2 Å². The standard InChI is InChI=1S/C16H14Cl2N4O2S/c17-14(18)16(22-25(23,24)12-9-5-2-6-10-12)15(19)20-13(21-16)11-7-3-1-4-8-11/h1-10,14,22H,(H2,19,20,21)/t16-/m1/s1. The minimum atomic E-state index is -3.97. The zero-order valence-corrected chi connectivity index (χ0v) is 15.1. The summed E-state index contributed by atoms with van der Waals surface area (Å²) < 4.78 is 27.8. The highest BCUT2D eigenvalue weighted by Crippen LogP contribution is 2.30. The Kier molecular flexibility index (Phi) is 4.83. The largest absolute Gasteiger partial charge is 0.384 e. The average molecular weight is 397 g/mol. The summed E-state index contributed by atoms with van der Waals surface area (Å²) in [5.41, 5.74) is 4.86. The quantitative estimate of drug-likeness (QED) is 0.758. The summed E-state index contributed by atoms with van der Waals surface area (Å²) in [5.74, 6) is 0.126. The number of amidine groups is 2. The summed E-state index contributed by atoms with van der Waals surface area (Å²) in [6, 6.07) is 16.8. The summed E-state index contributed by atoms with van der Waals surface area (Å²) in [5, 5.41) is 0. The van der Waals surface area contributed by atoms with Crippen LogP contribution in [0.25, 0.3) is 0 Å². The zero-order chi connectivity index (χ0) is 18.1. The number of nitrogens with two attached hydrogens (primary N) is 1. The second-order valence-electron chi connectivity index (χ2n) is 5.28. The average Bonchev–Trinajstić information content (AvgIpc) is 2.94. The van der Waals surface area contributed by atoms with E-state index in [0.29, 0.717) is 5.56 Å². The molecule has 9 heteroatoms. The van der Waals surface area contributed by atoms with E-state index in [1.807, 2.05) is 6.07 Å². The zero-order valence-electron chi connectivity index (χ0n) is 12.8. The van der Waals surface area contributed by atoms with Crippen LogP contribution < -0.4 is 10.5 Å². The number of halogens is 2. The van der Waals surface area contributed by atoms with Crippen LogP contribution in [0.2, 0.25) is 0 Å². The van der Waals surface area contributed by atoms with Gasteiger partial charge in [-0.1, -0.05) is 48.5 Å². The highest BCUT2D eigenvalue weighted by molar-refractivity contribution is 7.89. The van der Waals surface area contributed by atoms with Gasteiger partial charge >= 0.3 is 0 Å². The molecule has 0 fully saturated rings. The Bertz CT molecular complexity index is 931. The van der Waals surface area contributed by atoms with E-state index >= 15 is 0 Å². The van der Waals surface area contributed by atoms with Crippen LogP contribution in [0.15, 0.2) is 75.5 Å². The molecule has 0 unspecified atom stereocenters. The first-order valence-corrected chi connectivity index (χ1v) is 9.58. The second-order valence-corrected chi connectivity index (χ2v) is 8.06. The highest BCUT2D eigenvalue weighted by atomic mass is 35.5. The minimum Gasteiger partial charge on any atom is -0.384 e. The number of alkyl halides is 2. The molecule has 1 heterocycles. The number of rotatable bonds is 5. The number of sulfonamides is 1. The third kappa shape index (κ3) is 3.41. The van der Waals surface area contributed by atoms with Crippen LogP contribution in [0, 0.1) is 0 Å². The van der Waals surface area contributed by atoms with Crippen LogP contribution in [-0.2, 0) is 10.0 Å². The van der Waals surface area contributed by atoms with Gasteiger partial charge in [0.05, 0.1) is 4.90 Å². The molecule has 1 atom stereocenters. The molecule has 0 amide bonds. The lowest BCUT2D eigenvalue weighted by Gasteiger charge is -2.28. The first-order chi connectivity index (χ1) is 11.8. The van der Waals surface area contributed by atoms with E-state index in [4.69, 9.17) is 28.9 Å². The molecule has 3 rings (SSSR count). The molecule has 0 spiro atoms. The smallest absolute Gasteiger partial charge is 0.243 e. The Morgan fingerprint density at radius 2 is 1.56 bits per heavy atom. The fourth-order valence-corrected chi connectivity index (χ4v) is 4.18. The van der Waals surface area contributed by atoms with E-state index in [9.17, 15) is 8.42 Å². The number of nitrogens with one attached hydrogen (secondary N) is 1. The van der Waals surface area contributed by atoms with Crippen LogP contribution in [0.1, 0.15) is 5.56 Å². The molecule has 0 aromatic heterocycles. The Morgan fingerprint density at radius 3 is 2.12 bits per heavy atom. The number of nitrogens with zero attached hydrogens (tertiary/aromatic N) is 2. The van der Waals surface area contributed by atoms with E-state index in [1.54, 1.807) is 42.5 Å². The molecule has 25 heavy (non-hydrogen) atoms. The fourth-order valence-electron chi connectivity index (χ4n) is 2.31. The van der Waals surface area contributed by atoms with Crippen molar-refractivity contribution in [2.75, 3.05) is 0 Å². The summed E-state index contributed by atoms with van der Waals surface area (Å²) >= 11 is 12.1. The predicted octanol–water partition coefficient (Wildman–Crippen LogP) is 2.28. The van der Waals surface area contributed by atoms with Gasteiger partial charge < -0.3 is 5.73 Å². The molecular formula is C16H14Cl2N4O2S. The van der Waals surface area contributed by atoms with Gasteiger partial charge in [-0.2, -0.15) is 4.72 Å². The summed E-state index contributed by atoms with van der Waals surface area (Å²) in [6.07, 6.45) is 0. The highest BCUT2D eigenvalue weighted by Gasteiger charge is 2.48. The van der Waals surface area contributed by atoms with Crippen molar-refractivity contribution in [2.45, 2.75) is 15.4 Å². The lowest BCUT2D eigenvalue weighted by Crippen LogP contribution is -2.58. The second kappa shape index (κ2) is 6.76. The van der Waals surface area contributed by atoms with Gasteiger partial charge in [0.25, 0.3) is 0 Å². The minimum absolute atomic E-state index is 0.0412. The van der Waals surface area contributed by atoms with Gasteiger partial charge in [0.15, 0.2) is 10.7 Å². The monoisotopic (exact) mass is 396 g/mol. The number of benzene rings is 2. The first-order valence-electron chi connectivity index (χ1n) is 7.22. The van der Waals surface area contributed by atoms with Crippen LogP contribution in [0.3, 0.4) is 0 Å². The first kappa shape index (κ1) is 17.9. The van der Waals surface area contributed by atoms with Crippen LogP contribution in [0.4, 0.5) is 0 Å². The lowest BCUT2D eigenvalue weighted by atomic mass is 10.2. The summed E-state index contributed by atoms with van der Waals surface area (Å²) in [4.78, 5) is 7.23. The third-order valence-electron chi connectivity index (χ3n) is 3.59. The SMILES string of the molecule is NC1=NC(c2ccccc2)=N[C@@]1(NS(=O)(=O)c1ccccc1)C(Cl)Cl. The van der Waals surface area contributed by atoms with E-state index in [0.717, 1.165) is 0 Å². The van der Waals surface area contributed by atoms with Gasteiger partial charge in [-0.3, -0.25) is 0 Å². The summed E-state index contributed by atoms with van der Waals surface area (Å²) in [7, 11) is -3.97. The molecule has 0 saturated heterocycles. The number of hydrogen-bond donors (Lipinski definition) is 2. The van der Waals surface area contributed by atoms with E-state index < -0.39 is 20.5 Å². The van der Waals surface area contributed by atoms with Gasteiger partial charge in [-0.05, 0) is 12.1 Å². The van der Waals surface area contributed by atoms with Crippen LogP contribution >= 0.6 is 23.2 Å². The fraction of sp³-hybridized carbons (Fsp3) is 0.125. The molecule has 3 N–H and O–H groups in total. The van der Waals surface area contributed by atoms with Gasteiger partial charge in [-0.15, -0.1) is 23.2 Å². The molecule has 0 radical (unpaired) electrons. The van der Waals surface area contributed by atoms with Crippen molar-refractivity contribution in [1.82, 2.24) is 4.72 Å². The lowest BCUT2D eigenvalue weighted by molar-refractivity contribution is 0.529. The Morgan fingerprint density at radius 1 is 1.00 bits per heavy atom. The summed E-state index contributed by atoms with van der Waals surface area (Å²) in [6.45, 7) is 0. The third-order valence-corrected chi connectivity index (χ3v) is 5.69. The molecule has 0 bridgehead atoms. The number of hydrogen-bond acceptors (Lipinski definition) is 5. The van der Waals surface area contributed by atoms with Crippen molar-refractivity contribution < 1.29 is 8.42 Å². The predicted molar refractivity (Wildman–Crippen MR) is 99.6 cm³/mol. The van der Waals surface area contributed by atoms with Gasteiger partial charge in [0, 0.05) is 5.56 Å². The van der Waals surface area contributed by atoms with Crippen LogP contribution in [0.5, 0.6) is 0 Å². The van der Waals surface area contributed by atoms with Crippen molar-refractivity contribution in [3.63, 3.8) is 0 Å². The van der Waals surface area contributed by atoms with E-state index in [1.165, 1.54) is 12.1 Å². The molecular weight excluding hydrogens is 383 g/mol. The van der Waals surface area contributed by atoms with Crippen molar-refractivity contribution in [1.29, 1.82) is 0 Å². The molecule has 2 aromatic rings. The van der Waals surface area contributed by atoms with Gasteiger partial charge in [-0.25, -0.2) is 18.4 Å². The van der Waals surface area contributed by atoms with E-state index in [2.05, 4.69) is 14.7 Å². The van der Waals surface area contributed by atoms with Crippen LogP contribution in [-0.4, -0.2) is 30.6 Å². The maximum atomic E-state index is 12.7. The molecule has 0 saturated carbocycles. The molecule has 1 aliphatic heterocycles. The Labute approximate surface area is 155 Å². The maximum absolute atomic E-state index is 12.7. The normalized spacial score (nSPS) is 20.4. The van der Waals surface area contributed by atoms with Crippen molar-refractivity contribution >= 4 is 44.9 Å². The Hall–Kier alpha value is -1.93. The number of aliphatic imine (C=N–C) groups is 2. The molecule has 6 nitrogen and oxygen atoms in total. The van der Waals surface area contributed by atoms with E-state index in [-0.39, 0.29) is 16.6 Å². The Balaban J connectivity index is 2.04. The molecule has 130 valence electrons. The van der Waals surface area contributed by atoms with Crippen molar-refractivity contribution in [2.24, 2.45) is 15.7 Å².